The highest BCUT2D eigenvalue weighted by Crippen LogP contribution is 2.29. The van der Waals surface area contributed by atoms with Gasteiger partial charge in [0.15, 0.2) is 0 Å². The summed E-state index contributed by atoms with van der Waals surface area (Å²) in [5.41, 5.74) is 7.72. The summed E-state index contributed by atoms with van der Waals surface area (Å²) >= 11 is 0. The van der Waals surface area contributed by atoms with E-state index in [0.717, 1.165) is 18.4 Å². The summed E-state index contributed by atoms with van der Waals surface area (Å²) in [5.74, 6) is -1.00. The highest BCUT2D eigenvalue weighted by molar-refractivity contribution is 5.97. The Hall–Kier alpha value is -2.04. The van der Waals surface area contributed by atoms with Crippen molar-refractivity contribution >= 4 is 17.6 Å². The molecule has 1 fully saturated rings. The van der Waals surface area contributed by atoms with Gasteiger partial charge in [-0.2, -0.15) is 0 Å². The lowest BCUT2D eigenvalue weighted by atomic mass is 10.1. The molecule has 1 saturated carbocycles. The van der Waals surface area contributed by atoms with Crippen LogP contribution in [-0.4, -0.2) is 34.5 Å². The number of nitrogen functional groups attached to an aromatic ring is 1. The Bertz CT molecular complexity index is 509. The normalized spacial score (nSPS) is 14.2. The van der Waals surface area contributed by atoms with Gasteiger partial charge in [0.25, 0.3) is 5.91 Å². The topological polar surface area (TPSA) is 83.6 Å². The predicted octanol–water partition coefficient (Wildman–Crippen LogP) is 1.66. The fraction of sp³-hybridized carbons (Fsp3) is 0.429. The van der Waals surface area contributed by atoms with Crippen molar-refractivity contribution in [2.24, 2.45) is 0 Å². The first-order valence-corrected chi connectivity index (χ1v) is 6.38. The highest BCUT2D eigenvalue weighted by atomic mass is 16.4. The zero-order valence-corrected chi connectivity index (χ0v) is 10.9. The molecule has 102 valence electrons. The third-order valence-corrected chi connectivity index (χ3v) is 3.42. The van der Waals surface area contributed by atoms with Crippen LogP contribution in [-0.2, 0) is 4.79 Å². The Balaban J connectivity index is 2.19. The number of anilines is 1. The van der Waals surface area contributed by atoms with Crippen molar-refractivity contribution in [3.05, 3.63) is 29.3 Å². The number of carboxylic acid groups (broad SMARTS) is 1. The van der Waals surface area contributed by atoms with E-state index < -0.39 is 5.97 Å². The van der Waals surface area contributed by atoms with Crippen LogP contribution in [0.25, 0.3) is 0 Å². The van der Waals surface area contributed by atoms with Crippen LogP contribution in [0.1, 0.15) is 35.2 Å². The first-order chi connectivity index (χ1) is 9.00. The Morgan fingerprint density at radius 2 is 2.11 bits per heavy atom. The van der Waals surface area contributed by atoms with E-state index in [9.17, 15) is 9.59 Å². The van der Waals surface area contributed by atoms with E-state index >= 15 is 0 Å². The number of carboxylic acids is 1. The smallest absolute Gasteiger partial charge is 0.305 e. The lowest BCUT2D eigenvalue weighted by Gasteiger charge is -2.23. The monoisotopic (exact) mass is 262 g/mol. The number of carbonyl (C=O) groups excluding carboxylic acids is 1. The number of carbonyl (C=O) groups is 2. The summed E-state index contributed by atoms with van der Waals surface area (Å²) in [6, 6.07) is 5.43. The number of amides is 1. The molecule has 0 heterocycles. The minimum absolute atomic E-state index is 0.0242. The SMILES string of the molecule is Cc1c(N)cccc1C(=O)N(CCC(=O)O)C1CC1. The molecule has 5 nitrogen and oxygen atoms in total. The maximum atomic E-state index is 12.5. The molecule has 0 saturated heterocycles. The van der Waals surface area contributed by atoms with Crippen LogP contribution < -0.4 is 5.73 Å². The van der Waals surface area contributed by atoms with Crippen LogP contribution in [0.15, 0.2) is 18.2 Å². The second kappa shape index (κ2) is 5.30. The number of hydrogen-bond acceptors (Lipinski definition) is 3. The quantitative estimate of drug-likeness (QED) is 0.790. The third-order valence-electron chi connectivity index (χ3n) is 3.42. The van der Waals surface area contributed by atoms with E-state index in [4.69, 9.17) is 10.8 Å². The van der Waals surface area contributed by atoms with Crippen molar-refractivity contribution in [1.82, 2.24) is 4.90 Å². The summed E-state index contributed by atoms with van der Waals surface area (Å²) in [4.78, 5) is 24.8. The summed E-state index contributed by atoms with van der Waals surface area (Å²) in [6.45, 7) is 2.07. The van der Waals surface area contributed by atoms with E-state index in [2.05, 4.69) is 0 Å². The zero-order chi connectivity index (χ0) is 14.0. The van der Waals surface area contributed by atoms with Gasteiger partial charge in [-0.15, -0.1) is 0 Å². The number of hydrogen-bond donors (Lipinski definition) is 2. The maximum absolute atomic E-state index is 12.5. The molecule has 1 aromatic carbocycles. The van der Waals surface area contributed by atoms with Gasteiger partial charge in [-0.3, -0.25) is 9.59 Å². The number of benzene rings is 1. The lowest BCUT2D eigenvalue weighted by Crippen LogP contribution is -2.35. The molecule has 0 aliphatic heterocycles. The average Bonchev–Trinajstić information content (AvgIpc) is 3.17. The summed E-state index contributed by atoms with van der Waals surface area (Å²) in [6.07, 6.45) is 1.88. The molecule has 0 aromatic heterocycles. The van der Waals surface area contributed by atoms with Crippen molar-refractivity contribution in [3.63, 3.8) is 0 Å². The second-order valence-electron chi connectivity index (χ2n) is 4.89. The van der Waals surface area contributed by atoms with Crippen LogP contribution in [0.2, 0.25) is 0 Å². The predicted molar refractivity (Wildman–Crippen MR) is 71.9 cm³/mol. The Morgan fingerprint density at radius 1 is 1.42 bits per heavy atom. The van der Waals surface area contributed by atoms with Gasteiger partial charge < -0.3 is 15.7 Å². The van der Waals surface area contributed by atoms with Crippen LogP contribution in [0.5, 0.6) is 0 Å². The molecule has 19 heavy (non-hydrogen) atoms. The molecular formula is C14H18N2O3. The number of rotatable bonds is 5. The van der Waals surface area contributed by atoms with Crippen molar-refractivity contribution in [3.8, 4) is 0 Å². The molecule has 0 atom stereocenters. The molecule has 1 amide bonds. The molecule has 1 aliphatic carbocycles. The van der Waals surface area contributed by atoms with Crippen LogP contribution in [0, 0.1) is 6.92 Å². The third kappa shape index (κ3) is 3.05. The van der Waals surface area contributed by atoms with Gasteiger partial charge in [-0.25, -0.2) is 0 Å². The van der Waals surface area contributed by atoms with Gasteiger partial charge in [0.1, 0.15) is 0 Å². The van der Waals surface area contributed by atoms with Gasteiger partial charge in [-0.1, -0.05) is 6.07 Å². The summed E-state index contributed by atoms with van der Waals surface area (Å²) in [7, 11) is 0. The van der Waals surface area contributed by atoms with Gasteiger partial charge in [0.2, 0.25) is 0 Å². The van der Waals surface area contributed by atoms with E-state index in [1.54, 1.807) is 23.1 Å². The Kier molecular flexibility index (Phi) is 3.74. The Morgan fingerprint density at radius 3 is 2.68 bits per heavy atom. The first-order valence-electron chi connectivity index (χ1n) is 6.38. The van der Waals surface area contributed by atoms with Gasteiger partial charge in [0, 0.05) is 23.8 Å². The van der Waals surface area contributed by atoms with Crippen LogP contribution in [0.4, 0.5) is 5.69 Å². The van der Waals surface area contributed by atoms with Crippen molar-refractivity contribution < 1.29 is 14.7 Å². The molecular weight excluding hydrogens is 244 g/mol. The van der Waals surface area contributed by atoms with Crippen LogP contribution >= 0.6 is 0 Å². The number of aliphatic carboxylic acids is 1. The molecule has 2 rings (SSSR count). The van der Waals surface area contributed by atoms with Crippen molar-refractivity contribution in [2.45, 2.75) is 32.2 Å². The summed E-state index contributed by atoms with van der Waals surface area (Å²) in [5, 5.41) is 8.76. The molecule has 0 radical (unpaired) electrons. The van der Waals surface area contributed by atoms with Gasteiger partial charge in [-0.05, 0) is 37.5 Å². The first kappa shape index (κ1) is 13.4. The van der Waals surface area contributed by atoms with Crippen molar-refractivity contribution in [1.29, 1.82) is 0 Å². The van der Waals surface area contributed by atoms with E-state index in [0.29, 0.717) is 11.3 Å². The average molecular weight is 262 g/mol. The second-order valence-corrected chi connectivity index (χ2v) is 4.89. The van der Waals surface area contributed by atoms with Gasteiger partial charge >= 0.3 is 5.97 Å². The lowest BCUT2D eigenvalue weighted by molar-refractivity contribution is -0.137. The highest BCUT2D eigenvalue weighted by Gasteiger charge is 2.33. The molecule has 0 bridgehead atoms. The van der Waals surface area contributed by atoms with Gasteiger partial charge in [0.05, 0.1) is 6.42 Å². The zero-order valence-electron chi connectivity index (χ0n) is 10.9. The molecule has 5 heteroatoms. The molecule has 0 unspecified atom stereocenters. The Labute approximate surface area is 112 Å². The fourth-order valence-electron chi connectivity index (χ4n) is 2.09. The van der Waals surface area contributed by atoms with Crippen LogP contribution in [0.3, 0.4) is 0 Å². The minimum Gasteiger partial charge on any atom is -0.481 e. The van der Waals surface area contributed by atoms with E-state index in [1.807, 2.05) is 6.92 Å². The number of nitrogens with two attached hydrogens (primary N) is 1. The van der Waals surface area contributed by atoms with E-state index in [1.165, 1.54) is 0 Å². The number of nitrogens with zero attached hydrogens (tertiary/aromatic N) is 1. The minimum atomic E-state index is -0.886. The van der Waals surface area contributed by atoms with Crippen molar-refractivity contribution in [2.75, 3.05) is 12.3 Å². The molecule has 1 aliphatic rings. The summed E-state index contributed by atoms with van der Waals surface area (Å²) < 4.78 is 0. The standard InChI is InChI=1S/C14H18N2O3/c1-9-11(3-2-4-12(9)15)14(19)16(10-5-6-10)8-7-13(17)18/h2-4,10H,5-8,15H2,1H3,(H,17,18). The fourth-order valence-corrected chi connectivity index (χ4v) is 2.09. The van der Waals surface area contributed by atoms with E-state index in [-0.39, 0.29) is 24.9 Å². The molecule has 3 N–H and O–H groups in total. The molecule has 1 aromatic rings. The molecule has 0 spiro atoms. The maximum Gasteiger partial charge on any atom is 0.305 e. The largest absolute Gasteiger partial charge is 0.481 e.